The predicted octanol–water partition coefficient (Wildman–Crippen LogP) is 1.54. The number of methoxy groups -OCH3 is 1. The highest BCUT2D eigenvalue weighted by Gasteiger charge is 1.99. The van der Waals surface area contributed by atoms with E-state index in [0.29, 0.717) is 0 Å². The van der Waals surface area contributed by atoms with Gasteiger partial charge in [0.25, 0.3) is 0 Å². The maximum atomic E-state index is 5.04. The van der Waals surface area contributed by atoms with Crippen molar-refractivity contribution in [1.29, 1.82) is 0 Å². The molecule has 0 aliphatic heterocycles. The van der Waals surface area contributed by atoms with Crippen LogP contribution in [0.4, 0.5) is 0 Å². The molecule has 19 heavy (non-hydrogen) atoms. The summed E-state index contributed by atoms with van der Waals surface area (Å²) in [6, 6.07) is 0. The fraction of sp³-hybridized carbons (Fsp3) is 0.923. The number of hydrogen-bond donors (Lipinski definition) is 2. The average molecular weight is 386 g/mol. The number of halogens is 1. The van der Waals surface area contributed by atoms with E-state index in [9.17, 15) is 0 Å². The van der Waals surface area contributed by atoms with Crippen LogP contribution in [0.1, 0.15) is 26.7 Å². The molecule has 0 saturated heterocycles. The van der Waals surface area contributed by atoms with Crippen molar-refractivity contribution in [2.75, 3.05) is 53.5 Å². The summed E-state index contributed by atoms with van der Waals surface area (Å²) in [6.45, 7) is 9.82. The second kappa shape index (κ2) is 16.0. The van der Waals surface area contributed by atoms with Crippen LogP contribution in [0.2, 0.25) is 0 Å². The van der Waals surface area contributed by atoms with Crippen molar-refractivity contribution in [2.45, 2.75) is 26.7 Å². The highest BCUT2D eigenvalue weighted by molar-refractivity contribution is 14.0. The molecule has 0 aromatic heterocycles. The number of guanidine groups is 1. The Labute approximate surface area is 135 Å². The molecule has 5 nitrogen and oxygen atoms in total. The van der Waals surface area contributed by atoms with Crippen molar-refractivity contribution >= 4 is 29.9 Å². The number of likely N-dealkylation sites (N-methyl/N-ethyl adjacent to an activating group) is 1. The molecule has 0 rings (SSSR count). The first kappa shape index (κ1) is 21.2. The largest absolute Gasteiger partial charge is 0.385 e. The summed E-state index contributed by atoms with van der Waals surface area (Å²) >= 11 is 0. The first-order chi connectivity index (χ1) is 8.74. The number of ether oxygens (including phenoxy) is 1. The lowest BCUT2D eigenvalue weighted by atomic mass is 10.4. The van der Waals surface area contributed by atoms with E-state index in [0.717, 1.165) is 58.1 Å². The summed E-state index contributed by atoms with van der Waals surface area (Å²) in [5.41, 5.74) is 0. The summed E-state index contributed by atoms with van der Waals surface area (Å²) in [5.74, 6) is 0.921. The number of nitrogens with zero attached hydrogens (tertiary/aromatic N) is 2. The van der Waals surface area contributed by atoms with Gasteiger partial charge in [-0.25, -0.2) is 0 Å². The Balaban J connectivity index is 0. The third-order valence-corrected chi connectivity index (χ3v) is 2.51. The zero-order valence-corrected chi connectivity index (χ0v) is 15.2. The predicted molar refractivity (Wildman–Crippen MR) is 93.7 cm³/mol. The Bertz CT molecular complexity index is 215. The van der Waals surface area contributed by atoms with Gasteiger partial charge in [-0.1, -0.05) is 6.92 Å². The Kier molecular flexibility index (Phi) is 17.8. The Morgan fingerprint density at radius 2 is 1.95 bits per heavy atom. The van der Waals surface area contributed by atoms with Gasteiger partial charge in [0.1, 0.15) is 0 Å². The zero-order valence-electron chi connectivity index (χ0n) is 12.9. The minimum atomic E-state index is 0. The molecule has 0 aliphatic carbocycles. The lowest BCUT2D eigenvalue weighted by Crippen LogP contribution is -2.41. The van der Waals surface area contributed by atoms with Crippen molar-refractivity contribution in [2.24, 2.45) is 4.99 Å². The minimum absolute atomic E-state index is 0. The van der Waals surface area contributed by atoms with Gasteiger partial charge in [0.15, 0.2) is 5.96 Å². The van der Waals surface area contributed by atoms with E-state index >= 15 is 0 Å². The summed E-state index contributed by atoms with van der Waals surface area (Å²) in [5, 5.41) is 6.59. The monoisotopic (exact) mass is 386 g/mol. The molecule has 0 bridgehead atoms. The smallest absolute Gasteiger partial charge is 0.191 e. The molecule has 0 radical (unpaired) electrons. The molecular formula is C13H31IN4O. The molecule has 0 unspecified atom stereocenters. The highest BCUT2D eigenvalue weighted by Crippen LogP contribution is 1.87. The first-order valence-corrected chi connectivity index (χ1v) is 6.94. The molecule has 0 spiro atoms. The van der Waals surface area contributed by atoms with Gasteiger partial charge in [0.2, 0.25) is 0 Å². The van der Waals surface area contributed by atoms with Gasteiger partial charge in [-0.3, -0.25) is 4.99 Å². The van der Waals surface area contributed by atoms with Gasteiger partial charge in [0, 0.05) is 46.4 Å². The number of rotatable bonds is 10. The first-order valence-electron chi connectivity index (χ1n) is 6.94. The molecule has 0 aromatic rings. The van der Waals surface area contributed by atoms with Crippen LogP contribution in [0.15, 0.2) is 4.99 Å². The Morgan fingerprint density at radius 3 is 2.53 bits per heavy atom. The standard InChI is InChI=1S/C13H30N4O.HI/c1-5-8-15-13(14-6-2)16-9-11-17(3)10-7-12-18-4;/h5-12H2,1-4H3,(H2,14,15,16);1H. The van der Waals surface area contributed by atoms with Crippen molar-refractivity contribution in [1.82, 2.24) is 15.5 Å². The number of aliphatic imine (C=N–C) groups is 1. The van der Waals surface area contributed by atoms with Gasteiger partial charge in [0.05, 0.1) is 0 Å². The van der Waals surface area contributed by atoms with Gasteiger partial charge in [-0.15, -0.1) is 24.0 Å². The van der Waals surface area contributed by atoms with Crippen LogP contribution in [0, 0.1) is 0 Å². The second-order valence-electron chi connectivity index (χ2n) is 4.34. The van der Waals surface area contributed by atoms with Crippen LogP contribution in [0.5, 0.6) is 0 Å². The fourth-order valence-corrected chi connectivity index (χ4v) is 1.52. The van der Waals surface area contributed by atoms with Gasteiger partial charge < -0.3 is 20.3 Å². The normalized spacial score (nSPS) is 11.3. The van der Waals surface area contributed by atoms with Crippen molar-refractivity contribution in [3.05, 3.63) is 0 Å². The van der Waals surface area contributed by atoms with E-state index in [-0.39, 0.29) is 24.0 Å². The molecule has 116 valence electrons. The number of nitrogens with one attached hydrogen (secondary N) is 2. The van der Waals surface area contributed by atoms with E-state index in [1.54, 1.807) is 7.11 Å². The maximum Gasteiger partial charge on any atom is 0.191 e. The Hall–Kier alpha value is -0.0800. The zero-order chi connectivity index (χ0) is 13.6. The SMILES string of the molecule is CCCN=C(NCC)NCCN(C)CCCOC.I. The molecule has 0 aromatic carbocycles. The molecule has 2 N–H and O–H groups in total. The molecule has 0 saturated carbocycles. The van der Waals surface area contributed by atoms with Crippen LogP contribution >= 0.6 is 24.0 Å². The summed E-state index contributed by atoms with van der Waals surface area (Å²) in [6.07, 6.45) is 2.16. The molecule has 0 aliphatic rings. The third kappa shape index (κ3) is 14.1. The lowest BCUT2D eigenvalue weighted by Gasteiger charge is -2.18. The molecule has 0 amide bonds. The van der Waals surface area contributed by atoms with E-state index in [1.807, 2.05) is 0 Å². The average Bonchev–Trinajstić information content (AvgIpc) is 2.36. The van der Waals surface area contributed by atoms with Crippen molar-refractivity contribution in [3.8, 4) is 0 Å². The van der Waals surface area contributed by atoms with E-state index in [1.165, 1.54) is 0 Å². The van der Waals surface area contributed by atoms with E-state index < -0.39 is 0 Å². The number of hydrogen-bond acceptors (Lipinski definition) is 3. The fourth-order valence-electron chi connectivity index (χ4n) is 1.52. The summed E-state index contributed by atoms with van der Waals surface area (Å²) < 4.78 is 5.04. The molecule has 0 heterocycles. The van der Waals surface area contributed by atoms with E-state index in [2.05, 4.69) is 41.4 Å². The summed E-state index contributed by atoms with van der Waals surface area (Å²) in [4.78, 5) is 6.76. The molecular weight excluding hydrogens is 355 g/mol. The van der Waals surface area contributed by atoms with Crippen LogP contribution in [-0.2, 0) is 4.74 Å². The molecule has 6 heteroatoms. The highest BCUT2D eigenvalue weighted by atomic mass is 127. The van der Waals surface area contributed by atoms with Crippen LogP contribution in [-0.4, -0.2) is 64.3 Å². The van der Waals surface area contributed by atoms with Crippen LogP contribution in [0.3, 0.4) is 0 Å². The summed E-state index contributed by atoms with van der Waals surface area (Å²) in [7, 11) is 3.88. The van der Waals surface area contributed by atoms with Crippen molar-refractivity contribution < 1.29 is 4.74 Å². The molecule has 0 atom stereocenters. The minimum Gasteiger partial charge on any atom is -0.385 e. The quantitative estimate of drug-likeness (QED) is 0.259. The topological polar surface area (TPSA) is 48.9 Å². The second-order valence-corrected chi connectivity index (χ2v) is 4.34. The van der Waals surface area contributed by atoms with Crippen LogP contribution in [0.25, 0.3) is 0 Å². The maximum absolute atomic E-state index is 5.04. The molecule has 0 fully saturated rings. The Morgan fingerprint density at radius 1 is 1.21 bits per heavy atom. The lowest BCUT2D eigenvalue weighted by molar-refractivity contribution is 0.180. The van der Waals surface area contributed by atoms with Crippen LogP contribution < -0.4 is 10.6 Å². The van der Waals surface area contributed by atoms with Gasteiger partial charge in [-0.2, -0.15) is 0 Å². The van der Waals surface area contributed by atoms with Crippen molar-refractivity contribution in [3.63, 3.8) is 0 Å². The van der Waals surface area contributed by atoms with Gasteiger partial charge in [-0.05, 0) is 26.8 Å². The third-order valence-electron chi connectivity index (χ3n) is 2.51. The van der Waals surface area contributed by atoms with Gasteiger partial charge >= 0.3 is 0 Å². The van der Waals surface area contributed by atoms with E-state index in [4.69, 9.17) is 4.74 Å².